The van der Waals surface area contributed by atoms with Crippen LogP contribution in [-0.2, 0) is 9.53 Å². The first-order chi connectivity index (χ1) is 14.0. The van der Waals surface area contributed by atoms with Gasteiger partial charge in [-0.3, -0.25) is 9.59 Å². The second-order valence-corrected chi connectivity index (χ2v) is 7.78. The first kappa shape index (κ1) is 21.1. The molecule has 2 fully saturated rings. The van der Waals surface area contributed by atoms with Crippen LogP contribution in [0.5, 0.6) is 0 Å². The smallest absolute Gasteiger partial charge is 0.317 e. The van der Waals surface area contributed by atoms with Gasteiger partial charge in [0, 0.05) is 44.7 Å². The molecule has 0 spiro atoms. The molecule has 7 nitrogen and oxygen atoms in total. The first-order valence-corrected chi connectivity index (χ1v) is 10.6. The van der Waals surface area contributed by atoms with Crippen molar-refractivity contribution in [3.05, 3.63) is 35.4 Å². The van der Waals surface area contributed by atoms with Crippen molar-refractivity contribution in [2.24, 2.45) is 5.92 Å². The van der Waals surface area contributed by atoms with E-state index in [0.717, 1.165) is 24.9 Å². The van der Waals surface area contributed by atoms with Crippen LogP contribution in [0.4, 0.5) is 4.79 Å². The van der Waals surface area contributed by atoms with Gasteiger partial charge in [-0.15, -0.1) is 0 Å². The number of carbonyl (C=O) groups is 3. The van der Waals surface area contributed by atoms with E-state index in [1.54, 1.807) is 7.05 Å². The fraction of sp³-hybridized carbons (Fsp3) is 0.591. The Balaban J connectivity index is 1.63. The summed E-state index contributed by atoms with van der Waals surface area (Å²) in [6.07, 6.45) is 3.26. The maximum atomic E-state index is 13.0. The zero-order chi connectivity index (χ0) is 20.8. The van der Waals surface area contributed by atoms with E-state index in [9.17, 15) is 14.4 Å². The molecule has 0 aromatic heterocycles. The maximum Gasteiger partial charge on any atom is 0.317 e. The average Bonchev–Trinajstić information content (AvgIpc) is 2.78. The number of hydrogen-bond donors (Lipinski definition) is 1. The molecule has 7 heteroatoms. The van der Waals surface area contributed by atoms with E-state index in [0.29, 0.717) is 44.6 Å². The van der Waals surface area contributed by atoms with Gasteiger partial charge < -0.3 is 19.9 Å². The number of piperidine rings is 2. The molecule has 0 radical (unpaired) electrons. The van der Waals surface area contributed by atoms with Crippen LogP contribution in [0, 0.1) is 5.92 Å². The number of nitrogens with one attached hydrogen (secondary N) is 1. The van der Waals surface area contributed by atoms with Crippen LogP contribution in [0.1, 0.15) is 54.4 Å². The number of amides is 3. The standard InChI is InChI=1S/C22H31N3O4/c1-3-29-21(27)16-9-12-24(13-10-16)20(26)18-7-4-6-17(14-18)19-8-5-11-25(15-19)22(28)23-2/h4,6-7,14,16,19H,3,5,8-13,15H2,1-2H3,(H,23,28)/t19-/m1/s1. The van der Waals surface area contributed by atoms with Crippen molar-refractivity contribution in [2.75, 3.05) is 39.8 Å². The van der Waals surface area contributed by atoms with Crippen LogP contribution in [0.2, 0.25) is 0 Å². The quantitative estimate of drug-likeness (QED) is 0.787. The van der Waals surface area contributed by atoms with Gasteiger partial charge in [-0.05, 0) is 50.3 Å². The summed E-state index contributed by atoms with van der Waals surface area (Å²) in [7, 11) is 1.65. The lowest BCUT2D eigenvalue weighted by Crippen LogP contribution is -2.43. The molecular formula is C22H31N3O4. The molecule has 1 aromatic carbocycles. The molecular weight excluding hydrogens is 370 g/mol. The molecule has 2 saturated heterocycles. The first-order valence-electron chi connectivity index (χ1n) is 10.6. The van der Waals surface area contributed by atoms with E-state index in [2.05, 4.69) is 5.32 Å². The van der Waals surface area contributed by atoms with Gasteiger partial charge in [0.2, 0.25) is 0 Å². The Morgan fingerprint density at radius 1 is 1.10 bits per heavy atom. The molecule has 2 aliphatic rings. The summed E-state index contributed by atoms with van der Waals surface area (Å²) in [5.41, 5.74) is 1.78. The minimum Gasteiger partial charge on any atom is -0.466 e. The van der Waals surface area contributed by atoms with Gasteiger partial charge in [0.05, 0.1) is 12.5 Å². The van der Waals surface area contributed by atoms with E-state index in [4.69, 9.17) is 4.74 Å². The summed E-state index contributed by atoms with van der Waals surface area (Å²) >= 11 is 0. The average molecular weight is 402 g/mol. The van der Waals surface area contributed by atoms with Crippen molar-refractivity contribution in [2.45, 2.75) is 38.5 Å². The Morgan fingerprint density at radius 2 is 1.86 bits per heavy atom. The van der Waals surface area contributed by atoms with Gasteiger partial charge in [-0.2, -0.15) is 0 Å². The predicted molar refractivity (Wildman–Crippen MR) is 110 cm³/mol. The van der Waals surface area contributed by atoms with E-state index in [1.807, 2.05) is 41.0 Å². The van der Waals surface area contributed by atoms with E-state index >= 15 is 0 Å². The molecule has 1 N–H and O–H groups in total. The predicted octanol–water partition coefficient (Wildman–Crippen LogP) is 2.62. The molecule has 2 heterocycles. The Morgan fingerprint density at radius 3 is 2.55 bits per heavy atom. The molecule has 0 bridgehead atoms. The van der Waals surface area contributed by atoms with Crippen LogP contribution in [0.25, 0.3) is 0 Å². The highest BCUT2D eigenvalue weighted by molar-refractivity contribution is 5.94. The van der Waals surface area contributed by atoms with Gasteiger partial charge in [0.25, 0.3) is 5.91 Å². The second-order valence-electron chi connectivity index (χ2n) is 7.78. The highest BCUT2D eigenvalue weighted by atomic mass is 16.5. The number of nitrogens with zero attached hydrogens (tertiary/aromatic N) is 2. The summed E-state index contributed by atoms with van der Waals surface area (Å²) in [6, 6.07) is 7.74. The number of rotatable bonds is 4. The highest BCUT2D eigenvalue weighted by Gasteiger charge is 2.29. The van der Waals surface area contributed by atoms with Crippen molar-refractivity contribution >= 4 is 17.9 Å². The second kappa shape index (κ2) is 9.76. The van der Waals surface area contributed by atoms with Gasteiger partial charge in [0.15, 0.2) is 0 Å². The molecule has 158 valence electrons. The summed E-state index contributed by atoms with van der Waals surface area (Å²) in [6.45, 7) is 4.78. The van der Waals surface area contributed by atoms with Crippen LogP contribution >= 0.6 is 0 Å². The fourth-order valence-corrected chi connectivity index (χ4v) is 4.28. The largest absolute Gasteiger partial charge is 0.466 e. The number of carbonyl (C=O) groups excluding carboxylic acids is 3. The van der Waals surface area contributed by atoms with Crippen molar-refractivity contribution in [3.63, 3.8) is 0 Å². The molecule has 3 amide bonds. The Hall–Kier alpha value is -2.57. The van der Waals surface area contributed by atoms with Crippen LogP contribution in [0.15, 0.2) is 24.3 Å². The number of likely N-dealkylation sites (tertiary alicyclic amines) is 2. The Labute approximate surface area is 172 Å². The van der Waals surface area contributed by atoms with E-state index < -0.39 is 0 Å². The summed E-state index contributed by atoms with van der Waals surface area (Å²) < 4.78 is 5.10. The molecule has 0 unspecified atom stereocenters. The Bertz CT molecular complexity index is 743. The molecule has 0 saturated carbocycles. The number of ether oxygens (including phenoxy) is 1. The van der Waals surface area contributed by atoms with Gasteiger partial charge >= 0.3 is 12.0 Å². The Kier molecular flexibility index (Phi) is 7.12. The zero-order valence-corrected chi connectivity index (χ0v) is 17.4. The van der Waals surface area contributed by atoms with E-state index in [1.165, 1.54) is 0 Å². The number of urea groups is 1. The number of benzene rings is 1. The summed E-state index contributed by atoms with van der Waals surface area (Å²) in [4.78, 5) is 40.5. The number of hydrogen-bond acceptors (Lipinski definition) is 4. The molecule has 29 heavy (non-hydrogen) atoms. The van der Waals surface area contributed by atoms with Crippen molar-refractivity contribution < 1.29 is 19.1 Å². The van der Waals surface area contributed by atoms with Gasteiger partial charge in [0.1, 0.15) is 0 Å². The van der Waals surface area contributed by atoms with Crippen molar-refractivity contribution in [1.29, 1.82) is 0 Å². The molecule has 2 aliphatic heterocycles. The SMILES string of the molecule is CCOC(=O)C1CCN(C(=O)c2cccc([C@@H]3CCCN(C(=O)NC)C3)c2)CC1. The normalized spacial score (nSPS) is 20.3. The minimum absolute atomic E-state index is 0.00752. The van der Waals surface area contributed by atoms with Crippen LogP contribution in [-0.4, -0.2) is 67.5 Å². The third-order valence-corrected chi connectivity index (χ3v) is 5.93. The van der Waals surface area contributed by atoms with Gasteiger partial charge in [-0.25, -0.2) is 4.79 Å². The zero-order valence-electron chi connectivity index (χ0n) is 17.4. The third kappa shape index (κ3) is 5.08. The van der Waals surface area contributed by atoms with Crippen LogP contribution < -0.4 is 5.32 Å². The third-order valence-electron chi connectivity index (χ3n) is 5.93. The maximum absolute atomic E-state index is 13.0. The topological polar surface area (TPSA) is 79.0 Å². The summed E-state index contributed by atoms with van der Waals surface area (Å²) in [5.74, 6) is -0.0145. The highest BCUT2D eigenvalue weighted by Crippen LogP contribution is 2.28. The van der Waals surface area contributed by atoms with Crippen molar-refractivity contribution in [1.82, 2.24) is 15.1 Å². The fourth-order valence-electron chi connectivity index (χ4n) is 4.28. The summed E-state index contributed by atoms with van der Waals surface area (Å²) in [5, 5.41) is 2.69. The molecule has 1 aromatic rings. The van der Waals surface area contributed by atoms with E-state index in [-0.39, 0.29) is 29.7 Å². The lowest BCUT2D eigenvalue weighted by molar-refractivity contribution is -0.149. The van der Waals surface area contributed by atoms with Gasteiger partial charge in [-0.1, -0.05) is 12.1 Å². The van der Waals surface area contributed by atoms with Crippen LogP contribution in [0.3, 0.4) is 0 Å². The van der Waals surface area contributed by atoms with Crippen molar-refractivity contribution in [3.8, 4) is 0 Å². The lowest BCUT2D eigenvalue weighted by atomic mass is 9.89. The monoisotopic (exact) mass is 401 g/mol. The number of esters is 1. The molecule has 3 rings (SSSR count). The minimum atomic E-state index is -0.153. The lowest BCUT2D eigenvalue weighted by Gasteiger charge is -2.33. The molecule has 1 atom stereocenters. The molecule has 0 aliphatic carbocycles.